The molecule has 1 N–H and O–H groups in total. The van der Waals surface area contributed by atoms with E-state index in [1.165, 1.54) is 30.5 Å². The van der Waals surface area contributed by atoms with E-state index in [2.05, 4.69) is 10.5 Å². The molecule has 0 saturated heterocycles. The van der Waals surface area contributed by atoms with Crippen molar-refractivity contribution in [2.24, 2.45) is 5.10 Å². The van der Waals surface area contributed by atoms with Gasteiger partial charge in [-0.15, -0.1) is 0 Å². The van der Waals surface area contributed by atoms with Gasteiger partial charge in [-0.1, -0.05) is 0 Å². The summed E-state index contributed by atoms with van der Waals surface area (Å²) in [6, 6.07) is 8.74. The summed E-state index contributed by atoms with van der Waals surface area (Å²) >= 11 is 0. The number of benzene rings is 1. The number of hydrogen-bond acceptors (Lipinski definition) is 3. The van der Waals surface area contributed by atoms with E-state index < -0.39 is 5.91 Å². The summed E-state index contributed by atoms with van der Waals surface area (Å²) < 4.78 is 17.9. The summed E-state index contributed by atoms with van der Waals surface area (Å²) in [6.07, 6.45) is 1.40. The predicted octanol–water partition coefficient (Wildman–Crippen LogP) is 2.49. The van der Waals surface area contributed by atoms with Gasteiger partial charge in [0.25, 0.3) is 5.91 Å². The minimum Gasteiger partial charge on any atom is -0.460 e. The Labute approximate surface area is 103 Å². The van der Waals surface area contributed by atoms with Crippen molar-refractivity contribution in [3.8, 4) is 0 Å². The minimum atomic E-state index is -0.408. The molecule has 0 aliphatic rings. The zero-order valence-electron chi connectivity index (χ0n) is 9.68. The van der Waals surface area contributed by atoms with Crippen LogP contribution >= 0.6 is 0 Å². The van der Waals surface area contributed by atoms with Crippen molar-refractivity contribution in [3.63, 3.8) is 0 Å². The molecule has 0 bridgehead atoms. The summed E-state index contributed by atoms with van der Waals surface area (Å²) in [7, 11) is 0. The lowest BCUT2D eigenvalue weighted by molar-refractivity contribution is 0.0955. The second-order valence-electron chi connectivity index (χ2n) is 3.65. The summed E-state index contributed by atoms with van der Waals surface area (Å²) in [6.45, 7) is 1.81. The third-order valence-corrected chi connectivity index (χ3v) is 2.23. The van der Waals surface area contributed by atoms with Crippen LogP contribution in [-0.4, -0.2) is 12.1 Å². The Kier molecular flexibility index (Phi) is 3.52. The molecule has 0 atom stereocenters. The summed E-state index contributed by atoms with van der Waals surface area (Å²) in [4.78, 5) is 11.6. The van der Waals surface area contributed by atoms with Gasteiger partial charge < -0.3 is 4.42 Å². The monoisotopic (exact) mass is 246 g/mol. The standard InChI is InChI=1S/C13H11FN2O2/c1-9-2-7-12(18-9)8-15-16-13(17)10-3-5-11(14)6-4-10/h2-8H,1H3,(H,16,17)/b15-8+. The molecule has 4 nitrogen and oxygen atoms in total. The van der Waals surface area contributed by atoms with Gasteiger partial charge in [0.05, 0.1) is 6.21 Å². The van der Waals surface area contributed by atoms with E-state index in [4.69, 9.17) is 4.42 Å². The molecule has 0 radical (unpaired) electrons. The quantitative estimate of drug-likeness (QED) is 0.668. The molecule has 0 saturated carbocycles. The zero-order chi connectivity index (χ0) is 13.0. The number of rotatable bonds is 3. The topological polar surface area (TPSA) is 54.6 Å². The fourth-order valence-corrected chi connectivity index (χ4v) is 1.34. The molecule has 1 aromatic carbocycles. The predicted molar refractivity (Wildman–Crippen MR) is 64.9 cm³/mol. The van der Waals surface area contributed by atoms with Crippen LogP contribution in [0, 0.1) is 12.7 Å². The third-order valence-electron chi connectivity index (χ3n) is 2.23. The largest absolute Gasteiger partial charge is 0.460 e. The average Bonchev–Trinajstić information content (AvgIpc) is 2.76. The highest BCUT2D eigenvalue weighted by Crippen LogP contribution is 2.04. The molecule has 2 rings (SSSR count). The van der Waals surface area contributed by atoms with Gasteiger partial charge in [0.1, 0.15) is 17.3 Å². The smallest absolute Gasteiger partial charge is 0.271 e. The van der Waals surface area contributed by atoms with Crippen LogP contribution in [0.1, 0.15) is 21.9 Å². The SMILES string of the molecule is Cc1ccc(/C=N/NC(=O)c2ccc(F)cc2)o1. The van der Waals surface area contributed by atoms with Crippen LogP contribution < -0.4 is 5.43 Å². The molecule has 5 heteroatoms. The van der Waals surface area contributed by atoms with Gasteiger partial charge in [-0.25, -0.2) is 9.82 Å². The number of nitrogens with one attached hydrogen (secondary N) is 1. The average molecular weight is 246 g/mol. The maximum atomic E-state index is 12.7. The molecule has 92 valence electrons. The van der Waals surface area contributed by atoms with Crippen LogP contribution in [0.5, 0.6) is 0 Å². The Morgan fingerprint density at radius 1 is 1.28 bits per heavy atom. The first kappa shape index (κ1) is 12.0. The number of furan rings is 1. The van der Waals surface area contributed by atoms with Crippen LogP contribution in [-0.2, 0) is 0 Å². The first-order chi connectivity index (χ1) is 8.65. The molecular weight excluding hydrogens is 235 g/mol. The minimum absolute atomic E-state index is 0.337. The van der Waals surface area contributed by atoms with Gasteiger partial charge >= 0.3 is 0 Å². The van der Waals surface area contributed by atoms with Crippen LogP contribution in [0.15, 0.2) is 45.9 Å². The van der Waals surface area contributed by atoms with Crippen molar-refractivity contribution in [2.45, 2.75) is 6.92 Å². The molecule has 1 amide bonds. The molecule has 18 heavy (non-hydrogen) atoms. The molecule has 0 aliphatic heterocycles. The van der Waals surface area contributed by atoms with Gasteiger partial charge in [-0.2, -0.15) is 5.10 Å². The lowest BCUT2D eigenvalue weighted by Gasteiger charge is -1.98. The maximum Gasteiger partial charge on any atom is 0.271 e. The Morgan fingerprint density at radius 2 is 2.00 bits per heavy atom. The molecule has 1 aromatic heterocycles. The summed E-state index contributed by atoms with van der Waals surface area (Å²) in [5.41, 5.74) is 2.66. The van der Waals surface area contributed by atoms with Crippen LogP contribution in [0.3, 0.4) is 0 Å². The van der Waals surface area contributed by atoms with Crippen LogP contribution in [0.25, 0.3) is 0 Å². The highest BCUT2D eigenvalue weighted by molar-refractivity contribution is 5.94. The maximum absolute atomic E-state index is 12.7. The second-order valence-corrected chi connectivity index (χ2v) is 3.65. The Balaban J connectivity index is 1.96. The number of carbonyl (C=O) groups is 1. The molecule has 0 aliphatic carbocycles. The van der Waals surface area contributed by atoms with Gasteiger partial charge in [0.2, 0.25) is 0 Å². The Morgan fingerprint density at radius 3 is 2.61 bits per heavy atom. The van der Waals surface area contributed by atoms with E-state index in [-0.39, 0.29) is 5.82 Å². The van der Waals surface area contributed by atoms with E-state index >= 15 is 0 Å². The molecule has 0 unspecified atom stereocenters. The first-order valence-corrected chi connectivity index (χ1v) is 5.30. The van der Waals surface area contributed by atoms with Crippen molar-refractivity contribution in [1.29, 1.82) is 0 Å². The number of halogens is 1. The second kappa shape index (κ2) is 5.27. The number of hydrogen-bond donors (Lipinski definition) is 1. The van der Waals surface area contributed by atoms with Crippen molar-refractivity contribution < 1.29 is 13.6 Å². The Bertz CT molecular complexity index is 573. The number of hydrazone groups is 1. The van der Waals surface area contributed by atoms with Gasteiger partial charge in [-0.3, -0.25) is 4.79 Å². The third kappa shape index (κ3) is 3.04. The van der Waals surface area contributed by atoms with Gasteiger partial charge in [0.15, 0.2) is 0 Å². The van der Waals surface area contributed by atoms with Gasteiger partial charge in [0, 0.05) is 5.56 Å². The molecule has 0 spiro atoms. The van der Waals surface area contributed by atoms with E-state index in [1.54, 1.807) is 12.1 Å². The van der Waals surface area contributed by atoms with E-state index in [0.29, 0.717) is 11.3 Å². The summed E-state index contributed by atoms with van der Waals surface area (Å²) in [5, 5.41) is 3.74. The number of amides is 1. The lowest BCUT2D eigenvalue weighted by Crippen LogP contribution is -2.17. The van der Waals surface area contributed by atoms with Gasteiger partial charge in [-0.05, 0) is 43.3 Å². The normalized spacial score (nSPS) is 10.8. The van der Waals surface area contributed by atoms with E-state index in [9.17, 15) is 9.18 Å². The fraction of sp³-hybridized carbons (Fsp3) is 0.0769. The molecule has 1 heterocycles. The Hall–Kier alpha value is -2.43. The molecule has 0 fully saturated rings. The molecule has 2 aromatic rings. The van der Waals surface area contributed by atoms with E-state index in [1.807, 2.05) is 6.92 Å². The lowest BCUT2D eigenvalue weighted by atomic mass is 10.2. The highest BCUT2D eigenvalue weighted by Gasteiger charge is 2.03. The fourth-order valence-electron chi connectivity index (χ4n) is 1.34. The first-order valence-electron chi connectivity index (χ1n) is 5.30. The highest BCUT2D eigenvalue weighted by atomic mass is 19.1. The van der Waals surface area contributed by atoms with Crippen molar-refractivity contribution in [2.75, 3.05) is 0 Å². The van der Waals surface area contributed by atoms with Crippen molar-refractivity contribution >= 4 is 12.1 Å². The van der Waals surface area contributed by atoms with Crippen molar-refractivity contribution in [1.82, 2.24) is 5.43 Å². The number of aryl methyl sites for hydroxylation is 1. The summed E-state index contributed by atoms with van der Waals surface area (Å²) in [5.74, 6) is 0.517. The van der Waals surface area contributed by atoms with E-state index in [0.717, 1.165) is 5.76 Å². The zero-order valence-corrected chi connectivity index (χ0v) is 9.68. The number of carbonyl (C=O) groups excluding carboxylic acids is 1. The van der Waals surface area contributed by atoms with Crippen LogP contribution in [0.4, 0.5) is 4.39 Å². The van der Waals surface area contributed by atoms with Crippen LogP contribution in [0.2, 0.25) is 0 Å². The number of nitrogens with zero attached hydrogens (tertiary/aromatic N) is 1. The van der Waals surface area contributed by atoms with Crippen molar-refractivity contribution in [3.05, 3.63) is 59.3 Å². The molecular formula is C13H11FN2O2.